The van der Waals surface area contributed by atoms with Crippen LogP contribution < -0.4 is 19.6 Å². The van der Waals surface area contributed by atoms with Crippen LogP contribution in [0.5, 0.6) is 23.0 Å². The summed E-state index contributed by atoms with van der Waals surface area (Å²) in [5.41, 5.74) is -0.845. The van der Waals surface area contributed by atoms with Gasteiger partial charge in [-0.1, -0.05) is 0 Å². The molecular weight excluding hydrogens is 576 g/mol. The van der Waals surface area contributed by atoms with E-state index in [4.69, 9.17) is 28.1 Å². The number of hydrogen-bond donors (Lipinski definition) is 8. The Morgan fingerprint density at radius 1 is 0.791 bits per heavy atom. The summed E-state index contributed by atoms with van der Waals surface area (Å²) in [5.74, 6) is -1.03. The van der Waals surface area contributed by atoms with Crippen molar-refractivity contribution >= 4 is 11.0 Å². The Morgan fingerprint density at radius 3 is 2.05 bits per heavy atom. The van der Waals surface area contributed by atoms with E-state index in [0.717, 1.165) is 6.07 Å². The van der Waals surface area contributed by atoms with Crippen LogP contribution in [0.2, 0.25) is 0 Å². The average molecular weight is 609 g/mol. The van der Waals surface area contributed by atoms with Gasteiger partial charge in [-0.2, -0.15) is 0 Å². The molecule has 2 saturated heterocycles. The normalized spacial score (nSPS) is 32.9. The molecule has 0 saturated carbocycles. The molecule has 15 heteroatoms. The van der Waals surface area contributed by atoms with Gasteiger partial charge in [-0.3, -0.25) is 4.79 Å². The third kappa shape index (κ3) is 5.74. The molecule has 0 aliphatic carbocycles. The first-order valence-corrected chi connectivity index (χ1v) is 13.3. The maximum absolute atomic E-state index is 13.8. The number of aliphatic hydroxyl groups is 7. The summed E-state index contributed by atoms with van der Waals surface area (Å²) in [6.07, 6.45) is -15.3. The van der Waals surface area contributed by atoms with E-state index in [9.17, 15) is 45.6 Å². The number of methoxy groups -OCH3 is 1. The monoisotopic (exact) mass is 608 g/mol. The van der Waals surface area contributed by atoms with Gasteiger partial charge in [0.15, 0.2) is 5.76 Å². The predicted octanol–water partition coefficient (Wildman–Crippen LogP) is -1.44. The zero-order chi connectivity index (χ0) is 31.2. The molecule has 10 atom stereocenters. The van der Waals surface area contributed by atoms with E-state index in [1.165, 1.54) is 32.2 Å². The first-order chi connectivity index (χ1) is 20.4. The van der Waals surface area contributed by atoms with Crippen LogP contribution in [0.25, 0.3) is 22.3 Å². The van der Waals surface area contributed by atoms with Crippen molar-refractivity contribution in [2.75, 3.05) is 13.7 Å². The molecule has 43 heavy (non-hydrogen) atoms. The zero-order valence-electron chi connectivity index (χ0n) is 22.9. The Bertz CT molecular complexity index is 1490. The molecule has 3 aromatic rings. The molecule has 5 rings (SSSR count). The fourth-order valence-electron chi connectivity index (χ4n) is 4.89. The standard InChI is InChI=1S/C28H32O15/c1-10-18(31)21(34)23(36)27(39-10)40-13-7-14(30)17-15(8-13)41-25(11-3-5-12(38-2)6-4-11)26(20(17)33)43-28-24(37)22(35)19(32)16(9-29)42-28/h3-8,10,16,18-19,21-24,27-32,34-37H,9H2,1-2H3/t10-,16+,18-,19-,21-,22-,23-,24+,27-,28-/m0/s1. The van der Waals surface area contributed by atoms with Gasteiger partial charge in [0.25, 0.3) is 0 Å². The fraction of sp³-hybridized carbons (Fsp3) is 0.464. The molecule has 2 aliphatic heterocycles. The lowest BCUT2D eigenvalue weighted by Gasteiger charge is -2.39. The smallest absolute Gasteiger partial charge is 0.239 e. The van der Waals surface area contributed by atoms with Crippen molar-refractivity contribution in [1.29, 1.82) is 0 Å². The van der Waals surface area contributed by atoms with Gasteiger partial charge in [0.2, 0.25) is 23.8 Å². The molecule has 0 amide bonds. The first kappa shape index (κ1) is 30.9. The summed E-state index contributed by atoms with van der Waals surface area (Å²) in [7, 11) is 1.45. The van der Waals surface area contributed by atoms with Gasteiger partial charge in [0, 0.05) is 17.7 Å². The molecule has 2 aromatic carbocycles. The number of aliphatic hydroxyl groups excluding tert-OH is 7. The van der Waals surface area contributed by atoms with Crippen LogP contribution in [0.4, 0.5) is 0 Å². The maximum Gasteiger partial charge on any atom is 0.239 e. The summed E-state index contributed by atoms with van der Waals surface area (Å²) in [6, 6.07) is 8.45. The fourth-order valence-corrected chi connectivity index (χ4v) is 4.89. The molecule has 2 aliphatic rings. The Labute approximate surface area is 243 Å². The Balaban J connectivity index is 1.59. The third-order valence-corrected chi connectivity index (χ3v) is 7.40. The lowest BCUT2D eigenvalue weighted by atomic mass is 9.99. The largest absolute Gasteiger partial charge is 0.507 e. The van der Waals surface area contributed by atoms with Gasteiger partial charge in [0.05, 0.1) is 19.8 Å². The van der Waals surface area contributed by atoms with Crippen molar-refractivity contribution in [3.8, 4) is 34.3 Å². The highest BCUT2D eigenvalue weighted by atomic mass is 16.7. The number of rotatable bonds is 7. The summed E-state index contributed by atoms with van der Waals surface area (Å²) in [5, 5.41) is 81.2. The minimum atomic E-state index is -1.85. The van der Waals surface area contributed by atoms with Crippen LogP contribution in [0, 0.1) is 0 Å². The Morgan fingerprint density at radius 2 is 1.42 bits per heavy atom. The molecule has 0 bridgehead atoms. The van der Waals surface area contributed by atoms with Crippen LogP contribution in [0.1, 0.15) is 6.92 Å². The Hall–Kier alpha value is -3.51. The van der Waals surface area contributed by atoms with Crippen LogP contribution >= 0.6 is 0 Å². The quantitative estimate of drug-likeness (QED) is 0.153. The predicted molar refractivity (Wildman–Crippen MR) is 144 cm³/mol. The second kappa shape index (κ2) is 12.2. The van der Waals surface area contributed by atoms with E-state index in [-0.39, 0.29) is 28.0 Å². The van der Waals surface area contributed by atoms with Crippen molar-refractivity contribution in [1.82, 2.24) is 0 Å². The second-order valence-electron chi connectivity index (χ2n) is 10.2. The minimum Gasteiger partial charge on any atom is -0.507 e. The van der Waals surface area contributed by atoms with Gasteiger partial charge >= 0.3 is 0 Å². The molecule has 8 N–H and O–H groups in total. The van der Waals surface area contributed by atoms with Crippen LogP contribution in [0.3, 0.4) is 0 Å². The summed E-state index contributed by atoms with van der Waals surface area (Å²) < 4.78 is 33.4. The molecule has 2 fully saturated rings. The zero-order valence-corrected chi connectivity index (χ0v) is 22.9. The number of phenolic OH excluding ortho intramolecular Hbond substituents is 1. The van der Waals surface area contributed by atoms with Gasteiger partial charge in [-0.15, -0.1) is 0 Å². The second-order valence-corrected chi connectivity index (χ2v) is 10.2. The van der Waals surface area contributed by atoms with Gasteiger partial charge in [0.1, 0.15) is 70.9 Å². The number of ether oxygens (including phenoxy) is 5. The van der Waals surface area contributed by atoms with Gasteiger partial charge in [-0.25, -0.2) is 0 Å². The number of fused-ring (bicyclic) bond motifs is 1. The molecule has 234 valence electrons. The highest BCUT2D eigenvalue weighted by Gasteiger charge is 2.46. The minimum absolute atomic E-state index is 0.128. The van der Waals surface area contributed by atoms with E-state index in [1.54, 1.807) is 12.1 Å². The van der Waals surface area contributed by atoms with Gasteiger partial charge in [-0.05, 0) is 31.2 Å². The lowest BCUT2D eigenvalue weighted by molar-refractivity contribution is -0.277. The molecule has 0 radical (unpaired) electrons. The molecular formula is C28H32O15. The number of phenols is 1. The first-order valence-electron chi connectivity index (χ1n) is 13.3. The summed E-state index contributed by atoms with van der Waals surface area (Å²) in [4.78, 5) is 13.8. The maximum atomic E-state index is 13.8. The van der Waals surface area contributed by atoms with E-state index < -0.39 is 84.9 Å². The van der Waals surface area contributed by atoms with E-state index in [2.05, 4.69) is 0 Å². The highest BCUT2D eigenvalue weighted by molar-refractivity contribution is 5.88. The van der Waals surface area contributed by atoms with Crippen molar-refractivity contribution in [2.45, 2.75) is 68.3 Å². The number of hydrogen-bond acceptors (Lipinski definition) is 15. The van der Waals surface area contributed by atoms with Crippen molar-refractivity contribution in [3.05, 3.63) is 46.6 Å². The summed E-state index contributed by atoms with van der Waals surface area (Å²) >= 11 is 0. The Kier molecular flexibility index (Phi) is 8.80. The molecule has 0 unspecified atom stereocenters. The van der Waals surface area contributed by atoms with Crippen LogP contribution in [-0.2, 0) is 9.47 Å². The van der Waals surface area contributed by atoms with Crippen molar-refractivity contribution in [2.24, 2.45) is 0 Å². The molecule has 15 nitrogen and oxygen atoms in total. The molecule has 1 aromatic heterocycles. The lowest BCUT2D eigenvalue weighted by Crippen LogP contribution is -2.60. The molecule has 3 heterocycles. The molecule has 0 spiro atoms. The third-order valence-electron chi connectivity index (χ3n) is 7.40. The summed E-state index contributed by atoms with van der Waals surface area (Å²) in [6.45, 7) is 0.728. The van der Waals surface area contributed by atoms with Crippen LogP contribution in [0.15, 0.2) is 45.6 Å². The van der Waals surface area contributed by atoms with Crippen molar-refractivity contribution < 1.29 is 69.0 Å². The number of benzene rings is 2. The van der Waals surface area contributed by atoms with Crippen molar-refractivity contribution in [3.63, 3.8) is 0 Å². The van der Waals surface area contributed by atoms with Gasteiger partial charge < -0.3 is 69.0 Å². The highest BCUT2D eigenvalue weighted by Crippen LogP contribution is 2.38. The average Bonchev–Trinajstić information content (AvgIpc) is 2.99. The SMILES string of the molecule is COc1ccc(-c2oc3cc(O[C@@H]4O[C@@H](C)[C@H](O)[C@H](O)[C@@H]4O)cc(O)c3c(=O)c2O[C@@H]2O[C@H](CO)[C@H](O)[C@H](O)[C@H]2O)cc1. The van der Waals surface area contributed by atoms with E-state index in [1.807, 2.05) is 0 Å². The van der Waals surface area contributed by atoms with Crippen LogP contribution in [-0.4, -0.2) is 116 Å². The number of aromatic hydroxyl groups is 1. The van der Waals surface area contributed by atoms with E-state index >= 15 is 0 Å². The topological polar surface area (TPSA) is 238 Å². The van der Waals surface area contributed by atoms with E-state index in [0.29, 0.717) is 5.75 Å².